The number of ether oxygens (including phenoxy) is 1. The summed E-state index contributed by atoms with van der Waals surface area (Å²) in [4.78, 5) is 11.4. The van der Waals surface area contributed by atoms with E-state index in [0.717, 1.165) is 0 Å². The van der Waals surface area contributed by atoms with Gasteiger partial charge in [0.1, 0.15) is 10.5 Å². The Labute approximate surface area is 146 Å². The average Bonchev–Trinajstić information content (AvgIpc) is 2.31. The first-order chi connectivity index (χ1) is 10.4. The number of carbonyl (C=O) groups is 1. The van der Waals surface area contributed by atoms with Crippen molar-refractivity contribution in [2.45, 2.75) is 64.8 Å². The van der Waals surface area contributed by atoms with Gasteiger partial charge in [-0.1, -0.05) is 6.08 Å². The number of hydrogen-bond donors (Lipinski definition) is 0. The Morgan fingerprint density at radius 2 is 1.61 bits per heavy atom. The van der Waals surface area contributed by atoms with Gasteiger partial charge in [-0.3, -0.25) is 0 Å². The van der Waals surface area contributed by atoms with Gasteiger partial charge in [0.05, 0.1) is 13.2 Å². The molecular weight excluding hydrogens is 344 g/mol. The molecule has 0 aliphatic rings. The summed E-state index contributed by atoms with van der Waals surface area (Å²) in [6, 6.07) is 0. The zero-order valence-electron chi connectivity index (χ0n) is 16.0. The monoisotopic (exact) mass is 378 g/mol. The van der Waals surface area contributed by atoms with E-state index in [2.05, 4.69) is 39.3 Å². The van der Waals surface area contributed by atoms with Crippen LogP contribution in [0, 0.1) is 0 Å². The highest BCUT2D eigenvalue weighted by Gasteiger charge is 2.40. The minimum Gasteiger partial charge on any atom is -0.463 e. The molecule has 0 heterocycles. The van der Waals surface area contributed by atoms with E-state index < -0.39 is 22.4 Å². The van der Waals surface area contributed by atoms with E-state index in [1.807, 2.05) is 0 Å². The Morgan fingerprint density at radius 3 is 2.00 bits per heavy atom. The van der Waals surface area contributed by atoms with E-state index in [9.17, 15) is 4.79 Å². The molecule has 0 aromatic heterocycles. The van der Waals surface area contributed by atoms with Crippen molar-refractivity contribution in [1.29, 1.82) is 0 Å². The highest BCUT2D eigenvalue weighted by Crippen LogP contribution is 2.29. The molecule has 0 unspecified atom stereocenters. The highest BCUT2D eigenvalue weighted by atomic mass is 28.4. The Bertz CT molecular complexity index is 370. The van der Waals surface area contributed by atoms with Crippen LogP contribution in [-0.4, -0.2) is 52.1 Å². The fourth-order valence-corrected chi connectivity index (χ4v) is 5.45. The predicted molar refractivity (Wildman–Crippen MR) is 102 cm³/mol. The molecule has 0 rings (SSSR count). The Morgan fingerprint density at radius 1 is 1.09 bits per heavy atom. The van der Waals surface area contributed by atoms with Crippen molar-refractivity contribution >= 4 is 33.1 Å². The van der Waals surface area contributed by atoms with Crippen molar-refractivity contribution in [2.75, 3.05) is 13.2 Å². The molecule has 5 nitrogen and oxygen atoms in total. The predicted octanol–water partition coefficient (Wildman–Crippen LogP) is 2.58. The second kappa shape index (κ2) is 9.90. The standard InChI is InChI=1S/C15H34O5Si3/c1-8-10-14(16)17-12-9-11-15(13-18-21,19-22(2,3)4)20-23(5,6)7/h8,10H,9,11-13H2,1-7,21H3. The molecule has 23 heavy (non-hydrogen) atoms. The maximum Gasteiger partial charge on any atom is 0.330 e. The van der Waals surface area contributed by atoms with E-state index in [4.69, 9.17) is 18.0 Å². The quantitative estimate of drug-likeness (QED) is 0.182. The lowest BCUT2D eigenvalue weighted by Crippen LogP contribution is -2.53. The van der Waals surface area contributed by atoms with Crippen LogP contribution in [-0.2, 0) is 22.8 Å². The molecule has 0 atom stereocenters. The molecule has 0 aromatic rings. The molecule has 136 valence electrons. The van der Waals surface area contributed by atoms with Crippen LogP contribution < -0.4 is 0 Å². The molecule has 0 saturated heterocycles. The number of allylic oxidation sites excluding steroid dienone is 1. The normalized spacial score (nSPS) is 13.7. The summed E-state index contributed by atoms with van der Waals surface area (Å²) >= 11 is 0. The summed E-state index contributed by atoms with van der Waals surface area (Å²) in [7, 11) is -2.98. The number of carbonyl (C=O) groups excluding carboxylic acids is 1. The zero-order chi connectivity index (χ0) is 18.1. The molecule has 0 amide bonds. The lowest BCUT2D eigenvalue weighted by molar-refractivity contribution is -0.159. The van der Waals surface area contributed by atoms with E-state index >= 15 is 0 Å². The Balaban J connectivity index is 4.90. The lowest BCUT2D eigenvalue weighted by atomic mass is 10.1. The Kier molecular flexibility index (Phi) is 9.79. The van der Waals surface area contributed by atoms with Gasteiger partial charge in [-0.15, -0.1) is 0 Å². The van der Waals surface area contributed by atoms with Gasteiger partial charge in [-0.05, 0) is 52.6 Å². The van der Waals surface area contributed by atoms with Crippen molar-refractivity contribution in [3.63, 3.8) is 0 Å². The van der Waals surface area contributed by atoms with Gasteiger partial charge in [0, 0.05) is 12.5 Å². The Hall–Kier alpha value is -0.259. The largest absolute Gasteiger partial charge is 0.463 e. The molecule has 0 aliphatic heterocycles. The summed E-state index contributed by atoms with van der Waals surface area (Å²) < 4.78 is 23.5. The van der Waals surface area contributed by atoms with Crippen molar-refractivity contribution in [3.05, 3.63) is 12.2 Å². The minimum absolute atomic E-state index is 0.311. The van der Waals surface area contributed by atoms with Gasteiger partial charge < -0.3 is 18.0 Å². The van der Waals surface area contributed by atoms with E-state index in [0.29, 0.717) is 36.5 Å². The molecule has 0 spiro atoms. The van der Waals surface area contributed by atoms with Crippen LogP contribution in [0.1, 0.15) is 19.8 Å². The van der Waals surface area contributed by atoms with Crippen LogP contribution >= 0.6 is 0 Å². The third-order valence-electron chi connectivity index (χ3n) is 2.60. The van der Waals surface area contributed by atoms with E-state index in [-0.39, 0.29) is 5.97 Å². The molecule has 0 N–H and O–H groups in total. The van der Waals surface area contributed by atoms with Gasteiger partial charge in [-0.2, -0.15) is 0 Å². The molecule has 0 bridgehead atoms. The summed E-state index contributed by atoms with van der Waals surface area (Å²) in [6.45, 7) is 15.5. The second-order valence-electron chi connectivity index (χ2n) is 7.54. The average molecular weight is 379 g/mol. The van der Waals surface area contributed by atoms with Crippen LogP contribution in [0.5, 0.6) is 0 Å². The van der Waals surface area contributed by atoms with Crippen molar-refractivity contribution in [1.82, 2.24) is 0 Å². The third kappa shape index (κ3) is 11.8. The number of esters is 1. The van der Waals surface area contributed by atoms with Gasteiger partial charge >= 0.3 is 5.97 Å². The summed E-state index contributed by atoms with van der Waals surface area (Å²) in [6.07, 6.45) is 4.44. The van der Waals surface area contributed by atoms with E-state index in [1.54, 1.807) is 13.0 Å². The molecular formula is C15H34O5Si3. The summed E-state index contributed by atoms with van der Waals surface area (Å²) in [5, 5.41) is 0. The van der Waals surface area contributed by atoms with Gasteiger partial charge in [0.15, 0.2) is 22.4 Å². The highest BCUT2D eigenvalue weighted by molar-refractivity contribution is 6.71. The summed E-state index contributed by atoms with van der Waals surface area (Å²) in [5.41, 5.74) is 0. The minimum atomic E-state index is -1.81. The molecule has 0 fully saturated rings. The first kappa shape index (κ1) is 22.7. The molecule has 0 aliphatic carbocycles. The summed E-state index contributed by atoms with van der Waals surface area (Å²) in [5.74, 6) is -1.03. The van der Waals surface area contributed by atoms with E-state index in [1.165, 1.54) is 6.08 Å². The third-order valence-corrected chi connectivity index (χ3v) is 4.86. The molecule has 0 radical (unpaired) electrons. The lowest BCUT2D eigenvalue weighted by Gasteiger charge is -2.42. The van der Waals surface area contributed by atoms with Crippen molar-refractivity contribution in [3.8, 4) is 0 Å². The number of hydrogen-bond acceptors (Lipinski definition) is 5. The number of rotatable bonds is 11. The molecule has 0 saturated carbocycles. The van der Waals surface area contributed by atoms with Crippen LogP contribution in [0.15, 0.2) is 12.2 Å². The SMILES string of the molecule is CC=CC(=O)OCCCC(CO[SiH3])(O[Si](C)(C)C)O[Si](C)(C)C. The second-order valence-corrected chi connectivity index (χ2v) is 17.0. The topological polar surface area (TPSA) is 54.0 Å². The van der Waals surface area contributed by atoms with Gasteiger partial charge in [0.25, 0.3) is 0 Å². The molecule has 0 aromatic carbocycles. The van der Waals surface area contributed by atoms with Crippen LogP contribution in [0.2, 0.25) is 39.3 Å². The van der Waals surface area contributed by atoms with Gasteiger partial charge in [-0.25, -0.2) is 4.79 Å². The fraction of sp³-hybridized carbons (Fsp3) is 0.800. The maximum atomic E-state index is 11.4. The zero-order valence-corrected chi connectivity index (χ0v) is 20.0. The van der Waals surface area contributed by atoms with Gasteiger partial charge in [0.2, 0.25) is 0 Å². The first-order valence-electron chi connectivity index (χ1n) is 8.12. The van der Waals surface area contributed by atoms with Crippen LogP contribution in [0.3, 0.4) is 0 Å². The van der Waals surface area contributed by atoms with Crippen molar-refractivity contribution < 1.29 is 22.8 Å². The first-order valence-corrected chi connectivity index (χ1v) is 15.7. The molecule has 8 heteroatoms. The van der Waals surface area contributed by atoms with Crippen LogP contribution in [0.4, 0.5) is 0 Å². The fourth-order valence-electron chi connectivity index (χ4n) is 2.29. The smallest absolute Gasteiger partial charge is 0.330 e. The maximum absolute atomic E-state index is 11.4. The van der Waals surface area contributed by atoms with Crippen LogP contribution in [0.25, 0.3) is 0 Å². The van der Waals surface area contributed by atoms with Crippen molar-refractivity contribution in [2.24, 2.45) is 0 Å².